The summed E-state index contributed by atoms with van der Waals surface area (Å²) < 4.78 is 5.17. The van der Waals surface area contributed by atoms with Gasteiger partial charge in [-0.3, -0.25) is 9.69 Å². The molecule has 0 radical (unpaired) electrons. The van der Waals surface area contributed by atoms with Gasteiger partial charge >= 0.3 is 5.97 Å². The predicted octanol–water partition coefficient (Wildman–Crippen LogP) is 2.07. The lowest BCUT2D eigenvalue weighted by Gasteiger charge is -2.35. The second kappa shape index (κ2) is 9.49. The summed E-state index contributed by atoms with van der Waals surface area (Å²) in [5, 5.41) is 3.89. The monoisotopic (exact) mass is 419 g/mol. The van der Waals surface area contributed by atoms with Crippen LogP contribution < -0.4 is 10.2 Å². The molecule has 0 saturated carbocycles. The number of nitrogens with zero attached hydrogens (tertiary/aromatic N) is 4. The standard InChI is InChI=1S/C20H29N5O3S/c1-5-28-20(27)17-14(4)16-18(22-12-23-19(16)29-17)25-8-6-24(7-9-25)11-15(26)21-10-13(2)3/h12-13H,5-11H2,1-4H3,(H,21,26). The molecule has 0 spiro atoms. The molecule has 158 valence electrons. The SMILES string of the molecule is CCOC(=O)c1sc2ncnc(N3CCN(CC(=O)NCC(C)C)CC3)c2c1C. The highest BCUT2D eigenvalue weighted by molar-refractivity contribution is 7.20. The summed E-state index contributed by atoms with van der Waals surface area (Å²) in [6.07, 6.45) is 1.55. The number of thiophene rings is 1. The van der Waals surface area contributed by atoms with Gasteiger partial charge in [0.1, 0.15) is 21.9 Å². The average Bonchev–Trinajstić information content (AvgIpc) is 3.04. The molecule has 1 aliphatic heterocycles. The van der Waals surface area contributed by atoms with Crippen molar-refractivity contribution < 1.29 is 14.3 Å². The van der Waals surface area contributed by atoms with Crippen molar-refractivity contribution in [3.05, 3.63) is 16.8 Å². The van der Waals surface area contributed by atoms with Gasteiger partial charge in [0, 0.05) is 32.7 Å². The maximum absolute atomic E-state index is 12.2. The van der Waals surface area contributed by atoms with Crippen LogP contribution in [0, 0.1) is 12.8 Å². The Hall–Kier alpha value is -2.26. The quantitative estimate of drug-likeness (QED) is 0.688. The number of amides is 1. The fourth-order valence-electron chi connectivity index (χ4n) is 3.38. The minimum absolute atomic E-state index is 0.0735. The van der Waals surface area contributed by atoms with E-state index in [2.05, 4.69) is 38.9 Å². The molecule has 1 aliphatic rings. The molecule has 2 aromatic heterocycles. The maximum atomic E-state index is 12.2. The smallest absolute Gasteiger partial charge is 0.348 e. The number of anilines is 1. The first-order valence-electron chi connectivity index (χ1n) is 10.1. The summed E-state index contributed by atoms with van der Waals surface area (Å²) >= 11 is 1.35. The third-order valence-electron chi connectivity index (χ3n) is 4.91. The number of nitrogens with one attached hydrogen (secondary N) is 1. The van der Waals surface area contributed by atoms with Crippen LogP contribution >= 0.6 is 11.3 Å². The fraction of sp³-hybridized carbons (Fsp3) is 0.600. The van der Waals surface area contributed by atoms with Crippen LogP contribution in [0.4, 0.5) is 5.82 Å². The Bertz CT molecular complexity index is 874. The number of hydrogen-bond donors (Lipinski definition) is 1. The van der Waals surface area contributed by atoms with Gasteiger partial charge in [-0.25, -0.2) is 14.8 Å². The summed E-state index contributed by atoms with van der Waals surface area (Å²) in [6.45, 7) is 12.5. The Morgan fingerprint density at radius 1 is 1.24 bits per heavy atom. The molecule has 2 aromatic rings. The van der Waals surface area contributed by atoms with Crippen LogP contribution in [0.1, 0.15) is 36.0 Å². The van der Waals surface area contributed by atoms with Gasteiger partial charge in [0.15, 0.2) is 0 Å². The number of hydrogen-bond acceptors (Lipinski definition) is 8. The average molecular weight is 420 g/mol. The van der Waals surface area contributed by atoms with Gasteiger partial charge < -0.3 is 15.0 Å². The van der Waals surface area contributed by atoms with Crippen LogP contribution in [-0.4, -0.2) is 72.6 Å². The van der Waals surface area contributed by atoms with E-state index in [-0.39, 0.29) is 11.9 Å². The van der Waals surface area contributed by atoms with Crippen molar-refractivity contribution >= 4 is 39.2 Å². The van der Waals surface area contributed by atoms with Crippen molar-refractivity contribution in [2.24, 2.45) is 5.92 Å². The minimum Gasteiger partial charge on any atom is -0.462 e. The largest absolute Gasteiger partial charge is 0.462 e. The van der Waals surface area contributed by atoms with Gasteiger partial charge in [-0.2, -0.15) is 0 Å². The molecule has 8 nitrogen and oxygen atoms in total. The third-order valence-corrected chi connectivity index (χ3v) is 6.09. The number of carbonyl (C=O) groups is 2. The highest BCUT2D eigenvalue weighted by Gasteiger charge is 2.25. The van der Waals surface area contributed by atoms with E-state index >= 15 is 0 Å². The van der Waals surface area contributed by atoms with Gasteiger partial charge in [-0.05, 0) is 25.3 Å². The molecule has 1 saturated heterocycles. The molecular formula is C20H29N5O3S. The normalized spacial score (nSPS) is 15.1. The van der Waals surface area contributed by atoms with Crippen LogP contribution in [0.15, 0.2) is 6.33 Å². The minimum atomic E-state index is -0.309. The molecule has 1 N–H and O–H groups in total. The summed E-state index contributed by atoms with van der Waals surface area (Å²) in [6, 6.07) is 0. The van der Waals surface area contributed by atoms with Crippen molar-refractivity contribution in [1.29, 1.82) is 0 Å². The molecule has 0 aromatic carbocycles. The Morgan fingerprint density at radius 2 is 1.97 bits per heavy atom. The van der Waals surface area contributed by atoms with Crippen LogP contribution in [0.25, 0.3) is 10.2 Å². The molecule has 0 atom stereocenters. The van der Waals surface area contributed by atoms with E-state index in [1.54, 1.807) is 13.3 Å². The van der Waals surface area contributed by atoms with Crippen LogP contribution in [0.5, 0.6) is 0 Å². The summed E-state index contributed by atoms with van der Waals surface area (Å²) in [4.78, 5) is 39.0. The number of aryl methyl sites for hydroxylation is 1. The molecule has 0 bridgehead atoms. The van der Waals surface area contributed by atoms with Crippen molar-refractivity contribution in [2.45, 2.75) is 27.7 Å². The summed E-state index contributed by atoms with van der Waals surface area (Å²) in [7, 11) is 0. The Labute approximate surface area is 175 Å². The first-order chi connectivity index (χ1) is 13.9. The first-order valence-corrected chi connectivity index (χ1v) is 10.9. The number of esters is 1. The predicted molar refractivity (Wildman–Crippen MR) is 115 cm³/mol. The highest BCUT2D eigenvalue weighted by Crippen LogP contribution is 2.35. The van der Waals surface area contributed by atoms with E-state index in [0.29, 0.717) is 30.5 Å². The molecule has 29 heavy (non-hydrogen) atoms. The number of fused-ring (bicyclic) bond motifs is 1. The van der Waals surface area contributed by atoms with Gasteiger partial charge in [0.25, 0.3) is 0 Å². The van der Waals surface area contributed by atoms with E-state index in [1.807, 2.05) is 6.92 Å². The molecule has 0 unspecified atom stereocenters. The zero-order valence-electron chi connectivity index (χ0n) is 17.5. The zero-order chi connectivity index (χ0) is 21.0. The Balaban J connectivity index is 1.69. The lowest BCUT2D eigenvalue weighted by Crippen LogP contribution is -2.50. The van der Waals surface area contributed by atoms with E-state index in [4.69, 9.17) is 4.74 Å². The number of piperazine rings is 1. The molecule has 9 heteroatoms. The molecule has 3 heterocycles. The Kier molecular flexibility index (Phi) is 7.02. The molecule has 1 amide bonds. The summed E-state index contributed by atoms with van der Waals surface area (Å²) in [5.74, 6) is 1.06. The third kappa shape index (κ3) is 5.02. The summed E-state index contributed by atoms with van der Waals surface area (Å²) in [5.41, 5.74) is 0.870. The van der Waals surface area contributed by atoms with E-state index < -0.39 is 0 Å². The Morgan fingerprint density at radius 3 is 2.62 bits per heavy atom. The van der Waals surface area contributed by atoms with Crippen molar-refractivity contribution in [2.75, 3.05) is 50.8 Å². The number of aromatic nitrogens is 2. The van der Waals surface area contributed by atoms with Crippen LogP contribution in [-0.2, 0) is 9.53 Å². The van der Waals surface area contributed by atoms with Crippen LogP contribution in [0.2, 0.25) is 0 Å². The topological polar surface area (TPSA) is 87.7 Å². The van der Waals surface area contributed by atoms with Gasteiger partial charge in [-0.1, -0.05) is 13.8 Å². The number of ether oxygens (including phenoxy) is 1. The molecular weight excluding hydrogens is 390 g/mol. The van der Waals surface area contributed by atoms with Crippen molar-refractivity contribution in [3.63, 3.8) is 0 Å². The molecule has 0 aliphatic carbocycles. The lowest BCUT2D eigenvalue weighted by atomic mass is 10.2. The van der Waals surface area contributed by atoms with Gasteiger partial charge in [0.2, 0.25) is 5.91 Å². The van der Waals surface area contributed by atoms with E-state index in [9.17, 15) is 9.59 Å². The van der Waals surface area contributed by atoms with Gasteiger partial charge in [0.05, 0.1) is 18.5 Å². The number of carbonyl (C=O) groups excluding carboxylic acids is 2. The zero-order valence-corrected chi connectivity index (χ0v) is 18.3. The molecule has 3 rings (SSSR count). The van der Waals surface area contributed by atoms with E-state index in [0.717, 1.165) is 47.8 Å². The maximum Gasteiger partial charge on any atom is 0.348 e. The van der Waals surface area contributed by atoms with Crippen LogP contribution in [0.3, 0.4) is 0 Å². The highest BCUT2D eigenvalue weighted by atomic mass is 32.1. The van der Waals surface area contributed by atoms with Gasteiger partial charge in [-0.15, -0.1) is 11.3 Å². The van der Waals surface area contributed by atoms with Crippen molar-refractivity contribution in [1.82, 2.24) is 20.2 Å². The molecule has 1 fully saturated rings. The second-order valence-corrected chi connectivity index (χ2v) is 8.61. The lowest BCUT2D eigenvalue weighted by molar-refractivity contribution is -0.122. The van der Waals surface area contributed by atoms with E-state index in [1.165, 1.54) is 11.3 Å². The fourth-order valence-corrected chi connectivity index (χ4v) is 4.42. The second-order valence-electron chi connectivity index (χ2n) is 7.62. The van der Waals surface area contributed by atoms with Crippen molar-refractivity contribution in [3.8, 4) is 0 Å². The number of rotatable bonds is 7. The first kappa shape index (κ1) is 21.4.